The number of rotatable bonds is 12. The maximum Gasteiger partial charge on any atom is 0.335 e. The number of carbonyl (C=O) groups excluding carboxylic acids is 2. The number of anilines is 1. The van der Waals surface area contributed by atoms with Crippen LogP contribution in [0.3, 0.4) is 0 Å². The fourth-order valence-electron chi connectivity index (χ4n) is 3.95. The number of hydrogen-bond donors (Lipinski definition) is 4. The molecule has 1 unspecified atom stereocenters. The lowest BCUT2D eigenvalue weighted by atomic mass is 9.98. The Hall–Kier alpha value is -3.94. The van der Waals surface area contributed by atoms with Gasteiger partial charge >= 0.3 is 10.3 Å². The second-order valence-corrected chi connectivity index (χ2v) is 9.95. The van der Waals surface area contributed by atoms with Gasteiger partial charge in [-0.25, -0.2) is 15.0 Å². The summed E-state index contributed by atoms with van der Waals surface area (Å²) in [6.07, 6.45) is -3.26. The van der Waals surface area contributed by atoms with Crippen LogP contribution in [-0.4, -0.2) is 86.6 Å². The quantitative estimate of drug-likeness (QED) is 0.0878. The maximum atomic E-state index is 12.5. The molecule has 1 fully saturated rings. The number of nitrogens with two attached hydrogens (primary N) is 1. The number of nitro benzene ring substituents is 1. The molecule has 3 heterocycles. The van der Waals surface area contributed by atoms with Gasteiger partial charge in [0, 0.05) is 24.9 Å². The van der Waals surface area contributed by atoms with E-state index in [1.54, 1.807) is 0 Å². The number of aliphatic hydroxyl groups excluding tert-OH is 2. The molecule has 208 valence electrons. The van der Waals surface area contributed by atoms with Crippen LogP contribution in [0.5, 0.6) is 0 Å². The maximum absolute atomic E-state index is 12.5. The predicted molar refractivity (Wildman–Crippen MR) is 130 cm³/mol. The number of aromatic nitrogens is 4. The summed E-state index contributed by atoms with van der Waals surface area (Å²) in [6.45, 7) is -1.26. The van der Waals surface area contributed by atoms with Gasteiger partial charge in [-0.15, -0.1) is 0 Å². The molecule has 1 saturated heterocycles. The number of imidazole rings is 1. The van der Waals surface area contributed by atoms with Crippen LogP contribution >= 0.6 is 0 Å². The predicted octanol–water partition coefficient (Wildman–Crippen LogP) is -1.12. The van der Waals surface area contributed by atoms with Crippen molar-refractivity contribution in [2.75, 3.05) is 18.9 Å². The van der Waals surface area contributed by atoms with E-state index in [0.717, 1.165) is 6.07 Å². The van der Waals surface area contributed by atoms with Gasteiger partial charge in [0.15, 0.2) is 23.5 Å². The molecule has 0 amide bonds. The van der Waals surface area contributed by atoms with E-state index < -0.39 is 76.7 Å². The molecule has 5 N–H and O–H groups in total. The molecule has 39 heavy (non-hydrogen) atoms. The number of aldehydes is 1. The monoisotopic (exact) mass is 565 g/mol. The van der Waals surface area contributed by atoms with Gasteiger partial charge in [0.25, 0.3) is 5.69 Å². The minimum Gasteiger partial charge on any atom is -0.387 e. The average molecular weight is 566 g/mol. The summed E-state index contributed by atoms with van der Waals surface area (Å²) in [7, 11) is -4.51. The molecule has 0 spiro atoms. The summed E-state index contributed by atoms with van der Waals surface area (Å²) >= 11 is 0. The van der Waals surface area contributed by atoms with Crippen molar-refractivity contribution in [3.63, 3.8) is 0 Å². The minimum atomic E-state index is -4.51. The molecule has 0 bridgehead atoms. The standard InChI is InChI=1S/C21H23N7O10S/c22-19-16-20(24-9-23-19)27(10-25-16)21-18(32)17(31)15(38-21)8-37-39(35,36)26-6-11(7-29)5-14(30)12-3-1-2-4-13(12)28(33)34/h1-4,7,9-11,15,17-18,21,26,31-32H,5-6,8H2,(H2,22,23,24)/t11?,15-,17-,18-,21-/m1/s1. The molecule has 18 heteroatoms. The van der Waals surface area contributed by atoms with Crippen LogP contribution in [0.1, 0.15) is 23.0 Å². The fourth-order valence-corrected chi connectivity index (χ4v) is 4.76. The molecule has 1 aromatic carbocycles. The lowest BCUT2D eigenvalue weighted by molar-refractivity contribution is -0.385. The first-order valence-electron chi connectivity index (χ1n) is 11.3. The van der Waals surface area contributed by atoms with Gasteiger partial charge in [0.2, 0.25) is 0 Å². The van der Waals surface area contributed by atoms with E-state index in [0.29, 0.717) is 6.29 Å². The fraction of sp³-hybridized carbons (Fsp3) is 0.381. The number of hydrogen-bond acceptors (Lipinski definition) is 14. The Bertz CT molecular complexity index is 1500. The Balaban J connectivity index is 1.34. The van der Waals surface area contributed by atoms with Crippen LogP contribution in [0, 0.1) is 16.0 Å². The second kappa shape index (κ2) is 11.4. The number of ether oxygens (including phenoxy) is 1. The van der Waals surface area contributed by atoms with Crippen LogP contribution in [-0.2, 0) is 24.0 Å². The molecule has 2 aromatic heterocycles. The number of nitrogens with one attached hydrogen (secondary N) is 1. The Morgan fingerprint density at radius 3 is 2.74 bits per heavy atom. The molecular weight excluding hydrogens is 542 g/mol. The van der Waals surface area contributed by atoms with Crippen LogP contribution in [0.15, 0.2) is 36.9 Å². The van der Waals surface area contributed by atoms with Crippen molar-refractivity contribution in [2.45, 2.75) is 31.0 Å². The molecule has 5 atom stereocenters. The second-order valence-electron chi connectivity index (χ2n) is 8.51. The Labute approximate surface area is 220 Å². The topological polar surface area (TPSA) is 252 Å². The van der Waals surface area contributed by atoms with Crippen LogP contribution in [0.2, 0.25) is 0 Å². The van der Waals surface area contributed by atoms with Gasteiger partial charge in [-0.05, 0) is 6.07 Å². The molecule has 4 rings (SSSR count). The zero-order valence-corrected chi connectivity index (χ0v) is 20.7. The third kappa shape index (κ3) is 6.05. The van der Waals surface area contributed by atoms with Crippen molar-refractivity contribution in [3.8, 4) is 0 Å². The molecule has 3 aromatic rings. The highest BCUT2D eigenvalue weighted by Crippen LogP contribution is 2.32. The number of fused-ring (bicyclic) bond motifs is 1. The summed E-state index contributed by atoms with van der Waals surface area (Å²) in [4.78, 5) is 46.2. The molecule has 0 radical (unpaired) electrons. The Morgan fingerprint density at radius 1 is 1.28 bits per heavy atom. The molecular formula is C21H23N7O10S. The van der Waals surface area contributed by atoms with Crippen molar-refractivity contribution in [1.29, 1.82) is 0 Å². The first kappa shape index (κ1) is 28.1. The van der Waals surface area contributed by atoms with Crippen LogP contribution in [0.25, 0.3) is 11.2 Å². The number of Topliss-reactive ketones (excluding diaryl/α,β-unsaturated/α-hetero) is 1. The summed E-state index contributed by atoms with van der Waals surface area (Å²) in [5.41, 5.74) is 5.54. The largest absolute Gasteiger partial charge is 0.387 e. The first-order valence-corrected chi connectivity index (χ1v) is 12.7. The molecule has 1 aliphatic rings. The zero-order valence-electron chi connectivity index (χ0n) is 19.9. The van der Waals surface area contributed by atoms with Crippen LogP contribution < -0.4 is 10.5 Å². The van der Waals surface area contributed by atoms with Gasteiger partial charge in [-0.1, -0.05) is 12.1 Å². The SMILES string of the molecule is Nc1ncnc2c1ncn2[C@@H]1O[C@H](COS(=O)(=O)NCC(C=O)CC(=O)c2ccccc2[N+](=O)[O-])[C@@H](O)[C@H]1O. The normalized spacial score (nSPS) is 22.1. The summed E-state index contributed by atoms with van der Waals surface area (Å²) < 4.78 is 38.5. The first-order chi connectivity index (χ1) is 18.5. The highest BCUT2D eigenvalue weighted by molar-refractivity contribution is 7.84. The Morgan fingerprint density at radius 2 is 2.03 bits per heavy atom. The van der Waals surface area contributed by atoms with Gasteiger partial charge < -0.3 is 25.5 Å². The number of para-hydroxylation sites is 1. The van der Waals surface area contributed by atoms with Gasteiger partial charge in [0.05, 0.1) is 23.4 Å². The number of nitrogens with zero attached hydrogens (tertiary/aromatic N) is 5. The van der Waals surface area contributed by atoms with E-state index in [1.807, 2.05) is 4.72 Å². The highest BCUT2D eigenvalue weighted by atomic mass is 32.2. The number of nitro groups is 1. The van der Waals surface area contributed by atoms with Crippen molar-refractivity contribution in [2.24, 2.45) is 5.92 Å². The van der Waals surface area contributed by atoms with E-state index in [4.69, 9.17) is 14.7 Å². The summed E-state index contributed by atoms with van der Waals surface area (Å²) in [6, 6.07) is 5.18. The van der Waals surface area contributed by atoms with Crippen molar-refractivity contribution in [1.82, 2.24) is 24.2 Å². The zero-order chi connectivity index (χ0) is 28.3. The number of aliphatic hydroxyl groups is 2. The smallest absolute Gasteiger partial charge is 0.335 e. The number of benzene rings is 1. The van der Waals surface area contributed by atoms with E-state index >= 15 is 0 Å². The van der Waals surface area contributed by atoms with E-state index in [2.05, 4.69) is 15.0 Å². The van der Waals surface area contributed by atoms with E-state index in [1.165, 1.54) is 35.4 Å². The molecule has 0 aliphatic carbocycles. The van der Waals surface area contributed by atoms with Gasteiger partial charge in [0.1, 0.15) is 36.4 Å². The minimum absolute atomic E-state index is 0.0844. The third-order valence-electron chi connectivity index (χ3n) is 5.95. The number of carbonyl (C=O) groups is 2. The van der Waals surface area contributed by atoms with Gasteiger partial charge in [-0.3, -0.25) is 23.7 Å². The highest BCUT2D eigenvalue weighted by Gasteiger charge is 2.45. The van der Waals surface area contributed by atoms with E-state index in [9.17, 15) is 38.3 Å². The number of nitrogen functional groups attached to an aromatic ring is 1. The summed E-state index contributed by atoms with van der Waals surface area (Å²) in [5, 5.41) is 32.0. The number of ketones is 1. The van der Waals surface area contributed by atoms with Crippen molar-refractivity contribution < 1.29 is 42.1 Å². The Kier molecular flexibility index (Phi) is 8.23. The molecule has 1 aliphatic heterocycles. The third-order valence-corrected chi connectivity index (χ3v) is 6.92. The lowest BCUT2D eigenvalue weighted by Crippen LogP contribution is -2.37. The van der Waals surface area contributed by atoms with Gasteiger partial charge in [-0.2, -0.15) is 13.1 Å². The molecule has 17 nitrogen and oxygen atoms in total. The van der Waals surface area contributed by atoms with Crippen molar-refractivity contribution in [3.05, 3.63) is 52.6 Å². The molecule has 0 saturated carbocycles. The van der Waals surface area contributed by atoms with Crippen molar-refractivity contribution >= 4 is 45.0 Å². The lowest BCUT2D eigenvalue weighted by Gasteiger charge is -2.16. The van der Waals surface area contributed by atoms with Crippen LogP contribution in [0.4, 0.5) is 11.5 Å². The summed E-state index contributed by atoms with van der Waals surface area (Å²) in [5.74, 6) is -1.79. The average Bonchev–Trinajstić information content (AvgIpc) is 3.46. The van der Waals surface area contributed by atoms with E-state index in [-0.39, 0.29) is 22.5 Å².